The molecule has 0 spiro atoms. The van der Waals surface area contributed by atoms with Gasteiger partial charge in [0.05, 0.1) is 5.02 Å². The standard InChI is InChI=1S/C23H19ClN4O/c24-22-7-5-19(17-18(22)4-6-20-3-1-2-10-26-20)23(29)28-15-13-27(14-16-28)21-8-11-25-12-9-21/h1-3,5,7-12,17H,13-16H2. The van der Waals surface area contributed by atoms with Crippen molar-refractivity contribution in [2.45, 2.75) is 0 Å². The molecule has 29 heavy (non-hydrogen) atoms. The van der Waals surface area contributed by atoms with E-state index in [4.69, 9.17) is 11.6 Å². The van der Waals surface area contributed by atoms with Crippen molar-refractivity contribution in [2.75, 3.05) is 31.1 Å². The molecule has 0 saturated carbocycles. The molecule has 3 heterocycles. The highest BCUT2D eigenvalue weighted by atomic mass is 35.5. The number of piperazine rings is 1. The minimum Gasteiger partial charge on any atom is -0.368 e. The van der Waals surface area contributed by atoms with Gasteiger partial charge in [-0.2, -0.15) is 0 Å². The highest BCUT2D eigenvalue weighted by molar-refractivity contribution is 6.31. The van der Waals surface area contributed by atoms with Crippen LogP contribution in [0, 0.1) is 11.8 Å². The molecule has 1 amide bonds. The molecular weight excluding hydrogens is 384 g/mol. The number of benzene rings is 1. The van der Waals surface area contributed by atoms with E-state index in [0.29, 0.717) is 34.9 Å². The van der Waals surface area contributed by atoms with Gasteiger partial charge in [0.15, 0.2) is 0 Å². The quantitative estimate of drug-likeness (QED) is 0.616. The number of carbonyl (C=O) groups excluding carboxylic acids is 1. The molecular formula is C23H19ClN4O. The first-order chi connectivity index (χ1) is 14.2. The van der Waals surface area contributed by atoms with E-state index in [1.165, 1.54) is 0 Å². The van der Waals surface area contributed by atoms with E-state index >= 15 is 0 Å². The monoisotopic (exact) mass is 402 g/mol. The summed E-state index contributed by atoms with van der Waals surface area (Å²) in [5, 5.41) is 0.521. The Kier molecular flexibility index (Phi) is 5.73. The fraction of sp³-hybridized carbons (Fsp3) is 0.174. The number of amides is 1. The number of hydrogen-bond acceptors (Lipinski definition) is 4. The predicted molar refractivity (Wildman–Crippen MR) is 114 cm³/mol. The second-order valence-electron chi connectivity index (χ2n) is 6.64. The highest BCUT2D eigenvalue weighted by Crippen LogP contribution is 2.20. The molecule has 0 bridgehead atoms. The highest BCUT2D eigenvalue weighted by Gasteiger charge is 2.22. The van der Waals surface area contributed by atoms with E-state index in [1.807, 2.05) is 35.2 Å². The molecule has 1 fully saturated rings. The molecule has 1 aliphatic rings. The summed E-state index contributed by atoms with van der Waals surface area (Å²) in [5.41, 5.74) is 3.01. The lowest BCUT2D eigenvalue weighted by Gasteiger charge is -2.36. The number of aromatic nitrogens is 2. The molecule has 0 radical (unpaired) electrons. The maximum Gasteiger partial charge on any atom is 0.254 e. The third kappa shape index (κ3) is 4.56. The molecule has 144 valence electrons. The number of pyridine rings is 2. The molecule has 0 N–H and O–H groups in total. The van der Waals surface area contributed by atoms with Crippen LogP contribution in [0.25, 0.3) is 0 Å². The van der Waals surface area contributed by atoms with Crippen molar-refractivity contribution in [2.24, 2.45) is 0 Å². The molecule has 1 aliphatic heterocycles. The Balaban J connectivity index is 1.46. The van der Waals surface area contributed by atoms with Gasteiger partial charge in [0.1, 0.15) is 5.69 Å². The second-order valence-corrected chi connectivity index (χ2v) is 7.05. The molecule has 1 saturated heterocycles. The van der Waals surface area contributed by atoms with Crippen molar-refractivity contribution in [3.05, 3.63) is 89.0 Å². The lowest BCUT2D eigenvalue weighted by Crippen LogP contribution is -2.48. The van der Waals surface area contributed by atoms with Gasteiger partial charge in [-0.25, -0.2) is 4.98 Å². The number of nitrogens with zero attached hydrogens (tertiary/aromatic N) is 4. The normalized spacial score (nSPS) is 13.6. The van der Waals surface area contributed by atoms with Gasteiger partial charge in [-0.05, 0) is 48.4 Å². The van der Waals surface area contributed by atoms with Crippen LogP contribution in [0.4, 0.5) is 5.69 Å². The Morgan fingerprint density at radius 3 is 2.45 bits per heavy atom. The predicted octanol–water partition coefficient (Wildman–Crippen LogP) is 3.49. The fourth-order valence-electron chi connectivity index (χ4n) is 3.23. The molecule has 6 heteroatoms. The third-order valence-corrected chi connectivity index (χ3v) is 5.13. The number of hydrogen-bond donors (Lipinski definition) is 0. The van der Waals surface area contributed by atoms with Crippen molar-refractivity contribution in [3.63, 3.8) is 0 Å². The van der Waals surface area contributed by atoms with Gasteiger partial charge in [-0.15, -0.1) is 0 Å². The summed E-state index contributed by atoms with van der Waals surface area (Å²) >= 11 is 6.28. The first-order valence-electron chi connectivity index (χ1n) is 9.37. The molecule has 0 aliphatic carbocycles. The summed E-state index contributed by atoms with van der Waals surface area (Å²) in [6.45, 7) is 2.91. The Hall–Kier alpha value is -3.36. The summed E-state index contributed by atoms with van der Waals surface area (Å²) in [6.07, 6.45) is 5.26. The fourth-order valence-corrected chi connectivity index (χ4v) is 3.39. The Labute approximate surface area is 175 Å². The van der Waals surface area contributed by atoms with Gasteiger partial charge in [0, 0.05) is 61.6 Å². The van der Waals surface area contributed by atoms with Crippen molar-refractivity contribution < 1.29 is 4.79 Å². The van der Waals surface area contributed by atoms with Gasteiger partial charge < -0.3 is 9.80 Å². The topological polar surface area (TPSA) is 49.3 Å². The van der Waals surface area contributed by atoms with E-state index in [2.05, 4.69) is 26.7 Å². The molecule has 0 unspecified atom stereocenters. The number of rotatable bonds is 2. The SMILES string of the molecule is O=C(c1ccc(Cl)c(C#Cc2ccccn2)c1)N1CCN(c2ccncc2)CC1. The molecule has 1 aromatic carbocycles. The van der Waals surface area contributed by atoms with Crippen LogP contribution in [-0.4, -0.2) is 47.0 Å². The summed E-state index contributed by atoms with van der Waals surface area (Å²) < 4.78 is 0. The van der Waals surface area contributed by atoms with Crippen LogP contribution in [0.5, 0.6) is 0 Å². The first kappa shape index (κ1) is 19.0. The zero-order valence-electron chi connectivity index (χ0n) is 15.8. The van der Waals surface area contributed by atoms with Crippen molar-refractivity contribution >= 4 is 23.2 Å². The van der Waals surface area contributed by atoms with E-state index in [0.717, 1.165) is 18.8 Å². The molecule has 2 aromatic heterocycles. The minimum absolute atomic E-state index is 0.00284. The van der Waals surface area contributed by atoms with Crippen molar-refractivity contribution in [1.82, 2.24) is 14.9 Å². The van der Waals surface area contributed by atoms with Crippen LogP contribution in [0.15, 0.2) is 67.1 Å². The molecule has 3 aromatic rings. The second kappa shape index (κ2) is 8.76. The van der Waals surface area contributed by atoms with Gasteiger partial charge in [-0.1, -0.05) is 23.6 Å². The first-order valence-corrected chi connectivity index (χ1v) is 9.75. The Morgan fingerprint density at radius 2 is 1.72 bits per heavy atom. The van der Waals surface area contributed by atoms with Crippen LogP contribution >= 0.6 is 11.6 Å². The average Bonchev–Trinajstić information content (AvgIpc) is 2.79. The molecule has 0 atom stereocenters. The van der Waals surface area contributed by atoms with Crippen LogP contribution in [0.2, 0.25) is 5.02 Å². The third-order valence-electron chi connectivity index (χ3n) is 4.80. The Bertz CT molecular complexity index is 1050. The summed E-state index contributed by atoms with van der Waals surface area (Å²) in [7, 11) is 0. The lowest BCUT2D eigenvalue weighted by atomic mass is 10.1. The summed E-state index contributed by atoms with van der Waals surface area (Å²) in [5.74, 6) is 6.01. The largest absolute Gasteiger partial charge is 0.368 e. The lowest BCUT2D eigenvalue weighted by molar-refractivity contribution is 0.0746. The maximum atomic E-state index is 13.0. The van der Waals surface area contributed by atoms with Gasteiger partial charge >= 0.3 is 0 Å². The van der Waals surface area contributed by atoms with Gasteiger partial charge in [-0.3, -0.25) is 9.78 Å². The van der Waals surface area contributed by atoms with Gasteiger partial charge in [0.2, 0.25) is 0 Å². The van der Waals surface area contributed by atoms with E-state index in [-0.39, 0.29) is 5.91 Å². The van der Waals surface area contributed by atoms with Crippen molar-refractivity contribution in [3.8, 4) is 11.8 Å². The smallest absolute Gasteiger partial charge is 0.254 e. The average molecular weight is 403 g/mol. The van der Waals surface area contributed by atoms with Crippen LogP contribution < -0.4 is 4.90 Å². The number of carbonyl (C=O) groups is 1. The minimum atomic E-state index is -0.00284. The summed E-state index contributed by atoms with van der Waals surface area (Å²) in [6, 6.07) is 14.8. The Morgan fingerprint density at radius 1 is 0.931 bits per heavy atom. The number of anilines is 1. The van der Waals surface area contributed by atoms with Crippen LogP contribution in [0.1, 0.15) is 21.6 Å². The van der Waals surface area contributed by atoms with E-state index in [9.17, 15) is 4.79 Å². The van der Waals surface area contributed by atoms with Gasteiger partial charge in [0.25, 0.3) is 5.91 Å². The number of halogens is 1. The summed E-state index contributed by atoms with van der Waals surface area (Å²) in [4.78, 5) is 25.3. The zero-order valence-corrected chi connectivity index (χ0v) is 16.5. The van der Waals surface area contributed by atoms with E-state index in [1.54, 1.807) is 36.8 Å². The van der Waals surface area contributed by atoms with Crippen molar-refractivity contribution in [1.29, 1.82) is 0 Å². The van der Waals surface area contributed by atoms with E-state index < -0.39 is 0 Å². The zero-order chi connectivity index (χ0) is 20.1. The molecule has 4 rings (SSSR count). The molecule has 5 nitrogen and oxygen atoms in total. The van der Waals surface area contributed by atoms with Crippen LogP contribution in [-0.2, 0) is 0 Å². The maximum absolute atomic E-state index is 13.0. The van der Waals surface area contributed by atoms with Crippen LogP contribution in [0.3, 0.4) is 0 Å².